The van der Waals surface area contributed by atoms with Crippen molar-refractivity contribution in [2.75, 3.05) is 18.4 Å². The summed E-state index contributed by atoms with van der Waals surface area (Å²) >= 11 is 0. The lowest BCUT2D eigenvalue weighted by atomic mass is 9.76. The summed E-state index contributed by atoms with van der Waals surface area (Å²) in [5.41, 5.74) is 0.0252. The van der Waals surface area contributed by atoms with Gasteiger partial charge in [0, 0.05) is 13.1 Å². The van der Waals surface area contributed by atoms with E-state index in [-0.39, 0.29) is 24.4 Å². The number of nitrogens with zero attached hydrogens (tertiary/aromatic N) is 1. The summed E-state index contributed by atoms with van der Waals surface area (Å²) in [5, 5.41) is 2.45. The van der Waals surface area contributed by atoms with Gasteiger partial charge >= 0.3 is 19.3 Å². The molecule has 10 heteroatoms. The maximum absolute atomic E-state index is 14.5. The molecule has 164 valence electrons. The van der Waals surface area contributed by atoms with Gasteiger partial charge in [-0.05, 0) is 63.4 Å². The fourth-order valence-corrected chi connectivity index (χ4v) is 3.36. The number of urea groups is 1. The molecule has 3 rings (SSSR count). The number of alkyl halides is 3. The van der Waals surface area contributed by atoms with E-state index in [1.807, 2.05) is 27.7 Å². The summed E-state index contributed by atoms with van der Waals surface area (Å²) in [6, 6.07) is 2.05. The molecule has 1 N–H and O–H groups in total. The van der Waals surface area contributed by atoms with Gasteiger partial charge in [0.25, 0.3) is 0 Å². The number of carbonyl (C=O) groups excluding carboxylic acids is 1. The first-order valence-electron chi connectivity index (χ1n) is 9.65. The molecule has 0 radical (unpaired) electrons. The molecule has 1 aromatic rings. The number of nitrogens with one attached hydrogen (secondary N) is 1. The molecule has 0 aliphatic carbocycles. The van der Waals surface area contributed by atoms with E-state index in [0.29, 0.717) is 11.0 Å². The number of amides is 2. The predicted octanol–water partition coefficient (Wildman–Crippen LogP) is 4.16. The van der Waals surface area contributed by atoms with Crippen LogP contribution in [0.1, 0.15) is 39.7 Å². The molecule has 1 saturated heterocycles. The topological polar surface area (TPSA) is 50.8 Å². The Morgan fingerprint density at radius 3 is 2.37 bits per heavy atom. The Morgan fingerprint density at radius 1 is 1.20 bits per heavy atom. The molecule has 0 aromatic heterocycles. The Bertz CT molecular complexity index is 868. The van der Waals surface area contributed by atoms with E-state index in [1.54, 1.807) is 6.92 Å². The van der Waals surface area contributed by atoms with Gasteiger partial charge in [-0.25, -0.2) is 9.18 Å². The molecule has 0 atom stereocenters. The minimum absolute atomic E-state index is 0.0365. The van der Waals surface area contributed by atoms with E-state index in [9.17, 15) is 22.4 Å². The number of aryl methyl sites for hydroxylation is 1. The first-order chi connectivity index (χ1) is 13.7. The Hall–Kier alpha value is -2.07. The van der Waals surface area contributed by atoms with Crippen LogP contribution in [0.25, 0.3) is 0 Å². The van der Waals surface area contributed by atoms with Gasteiger partial charge in [0.2, 0.25) is 0 Å². The molecule has 30 heavy (non-hydrogen) atoms. The van der Waals surface area contributed by atoms with E-state index in [4.69, 9.17) is 9.31 Å². The number of rotatable bonds is 3. The van der Waals surface area contributed by atoms with Gasteiger partial charge < -0.3 is 19.5 Å². The van der Waals surface area contributed by atoms with Crippen LogP contribution in [-0.4, -0.2) is 48.5 Å². The zero-order valence-electron chi connectivity index (χ0n) is 17.6. The van der Waals surface area contributed by atoms with Crippen molar-refractivity contribution < 1.29 is 31.7 Å². The van der Waals surface area contributed by atoms with Gasteiger partial charge in [0.15, 0.2) is 0 Å². The van der Waals surface area contributed by atoms with E-state index in [0.717, 1.165) is 0 Å². The maximum Gasteiger partial charge on any atom is 0.495 e. The largest absolute Gasteiger partial charge is 0.495 e. The molecule has 2 amide bonds. The van der Waals surface area contributed by atoms with Crippen LogP contribution >= 0.6 is 0 Å². The Morgan fingerprint density at radius 2 is 1.80 bits per heavy atom. The quantitative estimate of drug-likeness (QED) is 0.447. The molecule has 0 spiro atoms. The Balaban J connectivity index is 1.73. The zero-order valence-corrected chi connectivity index (χ0v) is 17.6. The third-order valence-electron chi connectivity index (χ3n) is 5.81. The van der Waals surface area contributed by atoms with E-state index < -0.39 is 42.8 Å². The maximum atomic E-state index is 14.5. The first kappa shape index (κ1) is 22.6. The molecule has 0 saturated carbocycles. The second kappa shape index (κ2) is 7.57. The number of halogens is 4. The van der Waals surface area contributed by atoms with Gasteiger partial charge in [-0.15, -0.1) is 0 Å². The highest BCUT2D eigenvalue weighted by Crippen LogP contribution is 2.37. The van der Waals surface area contributed by atoms with Crippen LogP contribution in [0.5, 0.6) is 0 Å². The van der Waals surface area contributed by atoms with Crippen molar-refractivity contribution in [3.05, 3.63) is 35.2 Å². The van der Waals surface area contributed by atoms with E-state index in [2.05, 4.69) is 5.32 Å². The summed E-state index contributed by atoms with van der Waals surface area (Å²) < 4.78 is 64.1. The lowest BCUT2D eigenvalue weighted by molar-refractivity contribution is -0.127. The number of hydrogen-bond donors (Lipinski definition) is 1. The highest BCUT2D eigenvalue weighted by Gasteiger charge is 2.52. The molecular formula is C20H25BF4N2O3. The molecule has 5 nitrogen and oxygen atoms in total. The van der Waals surface area contributed by atoms with Crippen LogP contribution in [-0.2, 0) is 9.31 Å². The van der Waals surface area contributed by atoms with Crippen molar-refractivity contribution >= 4 is 24.3 Å². The first-order valence-corrected chi connectivity index (χ1v) is 9.65. The summed E-state index contributed by atoms with van der Waals surface area (Å²) in [4.78, 5) is 13.7. The van der Waals surface area contributed by atoms with Crippen LogP contribution < -0.4 is 10.8 Å². The zero-order chi connectivity index (χ0) is 22.5. The van der Waals surface area contributed by atoms with Crippen molar-refractivity contribution in [1.82, 2.24) is 4.90 Å². The van der Waals surface area contributed by atoms with Crippen LogP contribution in [0, 0.1) is 12.7 Å². The lowest BCUT2D eigenvalue weighted by Gasteiger charge is -2.32. The van der Waals surface area contributed by atoms with Gasteiger partial charge in [0.05, 0.1) is 23.3 Å². The summed E-state index contributed by atoms with van der Waals surface area (Å²) in [5.74, 6) is -0.649. The highest BCUT2D eigenvalue weighted by molar-refractivity contribution is 6.62. The van der Waals surface area contributed by atoms with Gasteiger partial charge in [-0.2, -0.15) is 13.2 Å². The fraction of sp³-hybridized carbons (Fsp3) is 0.550. The van der Waals surface area contributed by atoms with Gasteiger partial charge in [-0.3, -0.25) is 0 Å². The van der Waals surface area contributed by atoms with Crippen molar-refractivity contribution in [2.24, 2.45) is 0 Å². The van der Waals surface area contributed by atoms with Crippen LogP contribution in [0.3, 0.4) is 0 Å². The molecule has 0 unspecified atom stereocenters. The third-order valence-corrected chi connectivity index (χ3v) is 5.81. The van der Waals surface area contributed by atoms with Crippen LogP contribution in [0.4, 0.5) is 28.0 Å². The average Bonchev–Trinajstić information content (AvgIpc) is 3.10. The summed E-state index contributed by atoms with van der Waals surface area (Å²) in [6.45, 7) is 9.18. The summed E-state index contributed by atoms with van der Waals surface area (Å²) in [6.07, 6.45) is -4.03. The van der Waals surface area contributed by atoms with Crippen molar-refractivity contribution in [3.8, 4) is 0 Å². The molecular weight excluding hydrogens is 403 g/mol. The van der Waals surface area contributed by atoms with Gasteiger partial charge in [0.1, 0.15) is 5.82 Å². The molecule has 1 aromatic carbocycles. The van der Waals surface area contributed by atoms with Crippen LogP contribution in [0.15, 0.2) is 23.8 Å². The predicted molar refractivity (Wildman–Crippen MR) is 106 cm³/mol. The van der Waals surface area contributed by atoms with E-state index in [1.165, 1.54) is 23.1 Å². The van der Waals surface area contributed by atoms with Crippen molar-refractivity contribution in [2.45, 2.75) is 58.4 Å². The minimum Gasteiger partial charge on any atom is -0.399 e. The van der Waals surface area contributed by atoms with Crippen molar-refractivity contribution in [3.63, 3.8) is 0 Å². The highest BCUT2D eigenvalue weighted by atomic mass is 19.4. The minimum atomic E-state index is -4.33. The van der Waals surface area contributed by atoms with Crippen LogP contribution in [0.2, 0.25) is 0 Å². The summed E-state index contributed by atoms with van der Waals surface area (Å²) in [7, 11) is -0.738. The number of anilines is 1. The standard InChI is InChI=1S/C20H25BF4N2O3/c1-12-8-15(22)16(9-14(12)21-29-18(2,3)19(4,5)30-21)26-17(28)27-7-6-13(11-27)10-20(23,24)25/h6,8-9H,7,10-11H2,1-5H3,(H,26,28). The lowest BCUT2D eigenvalue weighted by Crippen LogP contribution is -2.41. The fourth-order valence-electron chi connectivity index (χ4n) is 3.36. The van der Waals surface area contributed by atoms with Crippen molar-refractivity contribution in [1.29, 1.82) is 0 Å². The molecule has 2 aliphatic rings. The Kier molecular flexibility index (Phi) is 5.70. The number of benzene rings is 1. The monoisotopic (exact) mass is 428 g/mol. The average molecular weight is 428 g/mol. The SMILES string of the molecule is Cc1cc(F)c(NC(=O)N2CC=C(CC(F)(F)F)C2)cc1B1OC(C)(C)C(C)(C)O1. The normalized spacial score (nSPS) is 20.5. The number of carbonyl (C=O) groups is 1. The molecule has 1 fully saturated rings. The molecule has 0 bridgehead atoms. The number of hydrogen-bond acceptors (Lipinski definition) is 3. The van der Waals surface area contributed by atoms with E-state index >= 15 is 0 Å². The molecule has 2 aliphatic heterocycles. The Labute approximate surface area is 173 Å². The second-order valence-electron chi connectivity index (χ2n) is 8.74. The molecule has 2 heterocycles. The second-order valence-corrected chi connectivity index (χ2v) is 8.74. The third kappa shape index (κ3) is 4.64. The smallest absolute Gasteiger partial charge is 0.399 e. The van der Waals surface area contributed by atoms with Gasteiger partial charge in [-0.1, -0.05) is 6.08 Å².